The highest BCUT2D eigenvalue weighted by molar-refractivity contribution is 6.08. The van der Waals surface area contributed by atoms with Gasteiger partial charge in [-0.1, -0.05) is 36.4 Å². The summed E-state index contributed by atoms with van der Waals surface area (Å²) in [4.78, 5) is 150. The second-order valence-corrected chi connectivity index (χ2v) is 29.8. The van der Waals surface area contributed by atoms with E-state index in [0.29, 0.717) is 108 Å². The van der Waals surface area contributed by atoms with Crippen LogP contribution in [0.1, 0.15) is 129 Å². The van der Waals surface area contributed by atoms with Crippen molar-refractivity contribution in [3.05, 3.63) is 203 Å². The van der Waals surface area contributed by atoms with E-state index in [2.05, 4.69) is 66.4 Å². The number of aliphatic carboxylic acids is 1. The molecule has 616 valence electrons. The van der Waals surface area contributed by atoms with E-state index in [1.54, 1.807) is 54.9 Å². The summed E-state index contributed by atoms with van der Waals surface area (Å²) in [5.41, 5.74) is 13.8. The fourth-order valence-corrected chi connectivity index (χ4v) is 15.7. The molecule has 6 saturated heterocycles. The fraction of sp³-hybridized carbons (Fsp3) is 0.341. The molecule has 0 aliphatic carbocycles. The first-order chi connectivity index (χ1) is 57.8. The molecule has 4 aromatic carbocycles. The molecule has 4 atom stereocenters. The van der Waals surface area contributed by atoms with Gasteiger partial charge in [0.2, 0.25) is 23.6 Å². The number of anilines is 6. The number of rotatable bonds is 26. The van der Waals surface area contributed by atoms with Gasteiger partial charge < -0.3 is 51.7 Å². The van der Waals surface area contributed by atoms with Gasteiger partial charge in [-0.15, -0.1) is 10.2 Å². The van der Waals surface area contributed by atoms with Gasteiger partial charge in [-0.2, -0.15) is 0 Å². The quantitative estimate of drug-likeness (QED) is 0.0152. The molecule has 119 heavy (non-hydrogen) atoms. The average Bonchev–Trinajstić information content (AvgIpc) is 1.65. The Morgan fingerprint density at radius 3 is 1.40 bits per heavy atom. The minimum atomic E-state index is -0.861. The topological polar surface area (TPSA) is 395 Å². The van der Waals surface area contributed by atoms with Crippen LogP contribution < -0.4 is 57.2 Å². The Morgan fingerprint density at radius 1 is 0.513 bits per heavy atom. The van der Waals surface area contributed by atoms with Crippen molar-refractivity contribution < 1.29 is 61.8 Å². The first-order valence-corrected chi connectivity index (χ1v) is 39.8. The second-order valence-electron chi connectivity index (χ2n) is 29.8. The summed E-state index contributed by atoms with van der Waals surface area (Å²) in [6.45, 7) is 9.18. The molecule has 6 aliphatic heterocycles. The van der Waals surface area contributed by atoms with Gasteiger partial charge in [-0.05, 0) is 165 Å². The number of carboxylic acids is 1. The fourth-order valence-electron chi connectivity index (χ4n) is 15.7. The molecule has 12 heterocycles. The van der Waals surface area contributed by atoms with Crippen LogP contribution in [0.25, 0.3) is 34.1 Å². The van der Waals surface area contributed by atoms with E-state index in [4.69, 9.17) is 31.0 Å². The summed E-state index contributed by atoms with van der Waals surface area (Å²) in [7, 11) is 0. The Morgan fingerprint density at radius 2 is 0.966 bits per heavy atom. The number of ketones is 1. The number of piperazine rings is 2. The van der Waals surface area contributed by atoms with E-state index < -0.39 is 41.7 Å². The number of aromatic nitrogens is 8. The molecular formula is C85H91F2N21O11. The lowest BCUT2D eigenvalue weighted by molar-refractivity contribution is -0.138. The lowest BCUT2D eigenvalue weighted by Gasteiger charge is -2.35. The summed E-state index contributed by atoms with van der Waals surface area (Å²) in [5, 5.41) is 34.8. The molecule has 2 unspecified atom stereocenters. The van der Waals surface area contributed by atoms with E-state index in [1.165, 1.54) is 30.3 Å². The number of imidazole rings is 2. The van der Waals surface area contributed by atoms with E-state index in [0.717, 1.165) is 115 Å². The molecule has 6 amide bonds. The number of carboxylic acid groups (broad SMARTS) is 1. The zero-order chi connectivity index (χ0) is 83.1. The van der Waals surface area contributed by atoms with Crippen LogP contribution in [-0.2, 0) is 28.8 Å². The predicted octanol–water partition coefficient (Wildman–Crippen LogP) is 7.09. The first-order valence-electron chi connectivity index (χ1n) is 39.8. The molecule has 34 heteroatoms. The Balaban J connectivity index is 0.000000164. The second kappa shape index (κ2) is 38.2. The van der Waals surface area contributed by atoms with Gasteiger partial charge in [-0.25, -0.2) is 37.7 Å². The molecule has 6 fully saturated rings. The number of benzene rings is 4. The van der Waals surface area contributed by atoms with Crippen molar-refractivity contribution in [2.45, 2.75) is 88.4 Å². The van der Waals surface area contributed by atoms with Crippen LogP contribution in [0.3, 0.4) is 0 Å². The van der Waals surface area contributed by atoms with Crippen LogP contribution in [0.2, 0.25) is 0 Å². The third-order valence-electron chi connectivity index (χ3n) is 21.8. The van der Waals surface area contributed by atoms with Gasteiger partial charge in [0.05, 0.1) is 60.1 Å². The van der Waals surface area contributed by atoms with Gasteiger partial charge in [0.1, 0.15) is 64.2 Å². The number of amides is 6. The van der Waals surface area contributed by atoms with Crippen molar-refractivity contribution >= 4 is 106 Å². The highest BCUT2D eigenvalue weighted by Gasteiger charge is 2.34. The number of piperidine rings is 2. The van der Waals surface area contributed by atoms with Crippen LogP contribution in [0.5, 0.6) is 0 Å². The molecule has 9 N–H and O–H groups in total. The SMILES string of the molecule is NCCNc1ccc(C=O)c(C(=O)NC2CCC(=O)NC2=O)c1.O=C(O)CN1CCN(c2cccc(-c3cnc4ccc(N5CCC[C@@H]5c5cccc(F)c5)nn34)n2)CC1.O=Cc1ccc(NCCCC(=O)CN2CCN(c3cccc(-c4cnc5ccc(N6CCC[C@@H]6c6cccc(F)c6)nn45)n3)CC2)cc1C(=O)NC1CCC(=O)NC1=O. The standard InChI is InChI=1S/C43H45FN10O5.C27H28FN7O2.C15H18N4O4/c44-30-6-1-5-28(23-30)36-9-4-18-53(36)40-15-14-38-46-25-37(54(38)50-40)34-8-2-10-39(47-34)52-21-19-51(20-22-52)26-32(56)7-3-17-45-31-12-11-29(27-55)33(24-31)42(58)48-35-13-16-41(57)49-43(35)59;28-20-5-1-4-19(16-20)22-7-3-11-34(22)26-10-9-24-29-17-23(35(24)31-26)21-6-2-8-25(30-21)33-14-12-32(13-15-33)18-27(36)37;16-5-6-17-10-2-1-9(8-20)11(7-10)14(22)18-12-3-4-13(21)19-15(12)23/h1-2,5-6,8,10-12,14-15,23-25,27,35-36,45H,3-4,7,9,13,16-22,26H2,(H,48,58)(H,49,57,59);1-2,4-6,8-10,16-17,22H,3,7,11-15,18H2,(H,36,37);1-2,7-8,12,17H,3-6,16H2,(H,18,22)(H,19,21,23)/t35?,36-;22-;/m11./s1. The molecule has 6 aromatic heterocycles. The lowest BCUT2D eigenvalue weighted by atomic mass is 10.0. The average molecular weight is 1620 g/mol. The number of pyridine rings is 2. The monoisotopic (exact) mass is 1620 g/mol. The number of nitrogens with two attached hydrogens (primary N) is 1. The molecule has 10 aromatic rings. The van der Waals surface area contributed by atoms with Crippen LogP contribution >= 0.6 is 0 Å². The Bertz CT molecular complexity index is 5440. The number of nitrogens with zero attached hydrogens (tertiary/aromatic N) is 14. The number of carbonyl (C=O) groups is 10. The maximum atomic E-state index is 14.1. The number of hydrogen-bond acceptors (Lipinski definition) is 25. The zero-order valence-corrected chi connectivity index (χ0v) is 65.3. The number of halogens is 2. The number of imide groups is 2. The van der Waals surface area contributed by atoms with E-state index in [-0.39, 0.29) is 95.8 Å². The third kappa shape index (κ3) is 20.2. The summed E-state index contributed by atoms with van der Waals surface area (Å²) in [6, 6.07) is 41.3. The molecule has 0 saturated carbocycles. The largest absolute Gasteiger partial charge is 0.480 e. The van der Waals surface area contributed by atoms with Gasteiger partial charge in [0, 0.05) is 127 Å². The minimum absolute atomic E-state index is 0.0441. The molecule has 6 aliphatic rings. The number of nitrogens with one attached hydrogen (secondary N) is 6. The van der Waals surface area contributed by atoms with Crippen molar-refractivity contribution in [1.82, 2.24) is 70.2 Å². The van der Waals surface area contributed by atoms with Gasteiger partial charge in [0.15, 0.2) is 23.9 Å². The van der Waals surface area contributed by atoms with Crippen molar-refractivity contribution in [2.24, 2.45) is 5.73 Å². The van der Waals surface area contributed by atoms with Crippen LogP contribution in [-0.4, -0.2) is 224 Å². The first kappa shape index (κ1) is 82.2. The van der Waals surface area contributed by atoms with Gasteiger partial charge in [-0.3, -0.25) is 68.4 Å². The normalized spacial score (nSPS) is 18.3. The van der Waals surface area contributed by atoms with Gasteiger partial charge in [0.25, 0.3) is 11.8 Å². The molecular weight excluding hydrogens is 1530 g/mol. The van der Waals surface area contributed by atoms with Gasteiger partial charge >= 0.3 is 5.97 Å². The van der Waals surface area contributed by atoms with Crippen molar-refractivity contribution in [3.8, 4) is 22.8 Å². The maximum Gasteiger partial charge on any atom is 0.317 e. The smallest absolute Gasteiger partial charge is 0.317 e. The molecule has 0 bridgehead atoms. The number of Topliss-reactive ketones (excluding diaryl/α,β-unsaturated/α-hetero) is 1. The molecule has 32 nitrogen and oxygen atoms in total. The summed E-state index contributed by atoms with van der Waals surface area (Å²) in [6.07, 6.45) is 10.3. The lowest BCUT2D eigenvalue weighted by Crippen LogP contribution is -2.52. The number of carbonyl (C=O) groups excluding carboxylic acids is 9. The Kier molecular flexibility index (Phi) is 26.4. The van der Waals surface area contributed by atoms with Crippen LogP contribution in [0.4, 0.5) is 43.4 Å². The van der Waals surface area contributed by atoms with Crippen molar-refractivity contribution in [3.63, 3.8) is 0 Å². The third-order valence-corrected chi connectivity index (χ3v) is 21.8. The maximum absolute atomic E-state index is 14.1. The van der Waals surface area contributed by atoms with Crippen molar-refractivity contribution in [2.75, 3.05) is 128 Å². The van der Waals surface area contributed by atoms with E-state index in [9.17, 15) is 56.7 Å². The summed E-state index contributed by atoms with van der Waals surface area (Å²) in [5.74, 6) is -0.800. The summed E-state index contributed by atoms with van der Waals surface area (Å²) < 4.78 is 31.7. The van der Waals surface area contributed by atoms with Crippen molar-refractivity contribution in [1.29, 1.82) is 0 Å². The zero-order valence-electron chi connectivity index (χ0n) is 65.3. The minimum Gasteiger partial charge on any atom is -0.480 e. The summed E-state index contributed by atoms with van der Waals surface area (Å²) >= 11 is 0. The number of aldehydes is 2. The number of hydrogen-bond donors (Lipinski definition) is 8. The Hall–Kier alpha value is -13.3. The molecule has 0 spiro atoms. The molecule has 0 radical (unpaired) electrons. The van der Waals surface area contributed by atoms with Crippen LogP contribution in [0, 0.1) is 11.6 Å². The highest BCUT2D eigenvalue weighted by Crippen LogP contribution is 2.38. The molecule has 16 rings (SSSR count). The predicted molar refractivity (Wildman–Crippen MR) is 440 cm³/mol. The Labute approximate surface area is 682 Å². The number of fused-ring (bicyclic) bond motifs is 2. The van der Waals surface area contributed by atoms with Crippen LogP contribution in [0.15, 0.2) is 158 Å². The highest BCUT2D eigenvalue weighted by atomic mass is 19.1. The van der Waals surface area contributed by atoms with E-state index >= 15 is 0 Å². The van der Waals surface area contributed by atoms with E-state index in [1.807, 2.05) is 86.7 Å².